The minimum absolute atomic E-state index is 0.0158. The van der Waals surface area contributed by atoms with Crippen molar-refractivity contribution in [1.82, 2.24) is 9.62 Å². The minimum atomic E-state index is -3.48. The van der Waals surface area contributed by atoms with E-state index in [9.17, 15) is 13.2 Å². The van der Waals surface area contributed by atoms with E-state index in [4.69, 9.17) is 23.2 Å². The molecule has 0 radical (unpaired) electrons. The third-order valence-electron chi connectivity index (χ3n) is 5.65. The summed E-state index contributed by atoms with van der Waals surface area (Å²) in [5.41, 5.74) is 1.85. The number of carbonyl (C=O) groups is 1. The average molecular weight is 483 g/mol. The number of sulfonamides is 1. The number of amides is 1. The predicted octanol–water partition coefficient (Wildman–Crippen LogP) is 4.67. The molecule has 1 saturated heterocycles. The molecule has 1 aliphatic heterocycles. The van der Waals surface area contributed by atoms with E-state index < -0.39 is 10.0 Å². The van der Waals surface area contributed by atoms with E-state index in [0.717, 1.165) is 12.8 Å². The monoisotopic (exact) mass is 482 g/mol. The first kappa shape index (κ1) is 24.1. The highest BCUT2D eigenvalue weighted by Crippen LogP contribution is 2.26. The van der Waals surface area contributed by atoms with Gasteiger partial charge in [0.1, 0.15) is 0 Å². The molecule has 1 heterocycles. The Morgan fingerprint density at radius 1 is 1.06 bits per heavy atom. The number of piperidine rings is 1. The Morgan fingerprint density at radius 3 is 2.39 bits per heavy atom. The van der Waals surface area contributed by atoms with E-state index in [1.807, 2.05) is 25.1 Å². The van der Waals surface area contributed by atoms with Crippen molar-refractivity contribution < 1.29 is 13.2 Å². The zero-order chi connectivity index (χ0) is 22.4. The maximum absolute atomic E-state index is 12.8. The highest BCUT2D eigenvalue weighted by atomic mass is 35.5. The quantitative estimate of drug-likeness (QED) is 0.594. The van der Waals surface area contributed by atoms with Crippen LogP contribution in [0.3, 0.4) is 0 Å². The summed E-state index contributed by atoms with van der Waals surface area (Å²) in [6.07, 6.45) is 2.83. The van der Waals surface area contributed by atoms with Crippen molar-refractivity contribution in [2.24, 2.45) is 5.92 Å². The van der Waals surface area contributed by atoms with Crippen molar-refractivity contribution in [3.63, 3.8) is 0 Å². The molecule has 2 aromatic rings. The van der Waals surface area contributed by atoms with Crippen LogP contribution in [-0.4, -0.2) is 37.8 Å². The molecule has 2 aromatic carbocycles. The second kappa shape index (κ2) is 10.8. The smallest absolute Gasteiger partial charge is 0.223 e. The van der Waals surface area contributed by atoms with Crippen LogP contribution in [0.15, 0.2) is 48.5 Å². The van der Waals surface area contributed by atoms with Crippen molar-refractivity contribution in [3.05, 3.63) is 69.7 Å². The normalized spacial score (nSPS) is 16.7. The lowest BCUT2D eigenvalue weighted by molar-refractivity contribution is -0.126. The number of hydrogen-bond acceptors (Lipinski definition) is 3. The molecule has 5 nitrogen and oxygen atoms in total. The summed E-state index contributed by atoms with van der Waals surface area (Å²) in [7, 11) is -3.48. The molecular formula is C23H28Cl2N2O3S. The van der Waals surface area contributed by atoms with Gasteiger partial charge in [-0.1, -0.05) is 59.6 Å². The maximum atomic E-state index is 12.8. The van der Waals surface area contributed by atoms with Crippen LogP contribution in [0.5, 0.6) is 0 Å². The van der Waals surface area contributed by atoms with Gasteiger partial charge in [0.25, 0.3) is 0 Å². The molecule has 8 heteroatoms. The van der Waals surface area contributed by atoms with Crippen molar-refractivity contribution in [2.45, 2.75) is 44.4 Å². The van der Waals surface area contributed by atoms with Crippen LogP contribution in [0, 0.1) is 5.92 Å². The molecular weight excluding hydrogens is 455 g/mol. The van der Waals surface area contributed by atoms with Gasteiger partial charge in [-0.15, -0.1) is 0 Å². The van der Waals surface area contributed by atoms with E-state index in [-0.39, 0.29) is 23.6 Å². The molecule has 0 spiro atoms. The predicted molar refractivity (Wildman–Crippen MR) is 126 cm³/mol. The fourth-order valence-electron chi connectivity index (χ4n) is 3.79. The zero-order valence-electron chi connectivity index (χ0n) is 17.6. The molecule has 0 unspecified atom stereocenters. The number of rotatable bonds is 8. The summed E-state index contributed by atoms with van der Waals surface area (Å²) >= 11 is 11.9. The third-order valence-corrected chi connectivity index (χ3v) is 8.24. The zero-order valence-corrected chi connectivity index (χ0v) is 19.9. The Labute approximate surface area is 194 Å². The van der Waals surface area contributed by atoms with Gasteiger partial charge in [-0.25, -0.2) is 12.7 Å². The summed E-state index contributed by atoms with van der Waals surface area (Å²) < 4.78 is 27.0. The van der Waals surface area contributed by atoms with Crippen LogP contribution in [0.2, 0.25) is 10.0 Å². The SMILES string of the molecule is C[C@@H](CCc1ccccc1)NC(=O)C1CCN(S(=O)(=O)Cc2ccc(Cl)c(Cl)c2)CC1. The summed E-state index contributed by atoms with van der Waals surface area (Å²) in [6, 6.07) is 15.1. The molecule has 1 atom stereocenters. The van der Waals surface area contributed by atoms with E-state index in [1.54, 1.807) is 18.2 Å². The van der Waals surface area contributed by atoms with E-state index in [0.29, 0.717) is 41.5 Å². The molecule has 1 aliphatic rings. The minimum Gasteiger partial charge on any atom is -0.353 e. The largest absolute Gasteiger partial charge is 0.353 e. The summed E-state index contributed by atoms with van der Waals surface area (Å²) in [6.45, 7) is 2.71. The van der Waals surface area contributed by atoms with Gasteiger partial charge in [0, 0.05) is 25.0 Å². The molecule has 0 saturated carbocycles. The molecule has 3 rings (SSSR count). The van der Waals surface area contributed by atoms with E-state index >= 15 is 0 Å². The standard InChI is InChI=1S/C23H28Cl2N2O3S/c1-17(7-8-18-5-3-2-4-6-18)26-23(28)20-11-13-27(14-12-20)31(29,30)16-19-9-10-21(24)22(25)15-19/h2-6,9-10,15,17,20H,7-8,11-14,16H2,1H3,(H,26,28)/t17-/m0/s1. The highest BCUT2D eigenvalue weighted by molar-refractivity contribution is 7.88. The number of nitrogens with zero attached hydrogens (tertiary/aromatic N) is 1. The van der Waals surface area contributed by atoms with E-state index in [1.165, 1.54) is 9.87 Å². The fourth-order valence-corrected chi connectivity index (χ4v) is 5.66. The molecule has 31 heavy (non-hydrogen) atoms. The third kappa shape index (κ3) is 6.94. The van der Waals surface area contributed by atoms with Crippen LogP contribution in [0.1, 0.15) is 37.3 Å². The topological polar surface area (TPSA) is 66.5 Å². The van der Waals surface area contributed by atoms with E-state index in [2.05, 4.69) is 17.4 Å². The first-order valence-electron chi connectivity index (χ1n) is 10.5. The Bertz CT molecular complexity index is 991. The lowest BCUT2D eigenvalue weighted by Gasteiger charge is -2.31. The number of nitrogens with one attached hydrogen (secondary N) is 1. The molecule has 1 N–H and O–H groups in total. The Morgan fingerprint density at radius 2 is 1.74 bits per heavy atom. The molecule has 1 amide bonds. The van der Waals surface area contributed by atoms with Crippen molar-refractivity contribution in [1.29, 1.82) is 0 Å². The lowest BCUT2D eigenvalue weighted by atomic mass is 9.96. The first-order chi connectivity index (χ1) is 14.7. The molecule has 0 aromatic heterocycles. The Hall–Kier alpha value is -1.60. The maximum Gasteiger partial charge on any atom is 0.223 e. The van der Waals surface area contributed by atoms with Gasteiger partial charge in [-0.05, 0) is 55.9 Å². The van der Waals surface area contributed by atoms with Gasteiger partial charge >= 0.3 is 0 Å². The second-order valence-electron chi connectivity index (χ2n) is 8.11. The van der Waals surface area contributed by atoms with Crippen molar-refractivity contribution >= 4 is 39.1 Å². The number of halogens is 2. The van der Waals surface area contributed by atoms with Gasteiger partial charge in [-0.2, -0.15) is 0 Å². The number of benzene rings is 2. The van der Waals surface area contributed by atoms with Crippen LogP contribution in [-0.2, 0) is 27.0 Å². The first-order valence-corrected chi connectivity index (χ1v) is 12.9. The van der Waals surface area contributed by atoms with Crippen LogP contribution >= 0.6 is 23.2 Å². The van der Waals surface area contributed by atoms with Gasteiger partial charge in [0.2, 0.25) is 15.9 Å². The second-order valence-corrected chi connectivity index (χ2v) is 10.9. The van der Waals surface area contributed by atoms with Crippen LogP contribution < -0.4 is 5.32 Å². The molecule has 0 aliphatic carbocycles. The van der Waals surface area contributed by atoms with Gasteiger partial charge in [0.15, 0.2) is 0 Å². The molecule has 0 bridgehead atoms. The summed E-state index contributed by atoms with van der Waals surface area (Å²) in [5, 5.41) is 3.83. The number of hydrogen-bond donors (Lipinski definition) is 1. The van der Waals surface area contributed by atoms with Crippen molar-refractivity contribution in [2.75, 3.05) is 13.1 Å². The summed E-state index contributed by atoms with van der Waals surface area (Å²) in [4.78, 5) is 12.6. The average Bonchev–Trinajstić information content (AvgIpc) is 2.75. The van der Waals surface area contributed by atoms with Gasteiger partial charge in [-0.3, -0.25) is 4.79 Å². The Balaban J connectivity index is 1.46. The molecule has 1 fully saturated rings. The highest BCUT2D eigenvalue weighted by Gasteiger charge is 2.31. The fraction of sp³-hybridized carbons (Fsp3) is 0.435. The molecule has 168 valence electrons. The Kier molecular flexibility index (Phi) is 8.39. The number of aryl methyl sites for hydroxylation is 1. The van der Waals surface area contributed by atoms with Crippen molar-refractivity contribution in [3.8, 4) is 0 Å². The lowest BCUT2D eigenvalue weighted by Crippen LogP contribution is -2.45. The van der Waals surface area contributed by atoms with Gasteiger partial charge < -0.3 is 5.32 Å². The van der Waals surface area contributed by atoms with Crippen LogP contribution in [0.25, 0.3) is 0 Å². The summed E-state index contributed by atoms with van der Waals surface area (Å²) in [5.74, 6) is -0.269. The van der Waals surface area contributed by atoms with Crippen LogP contribution in [0.4, 0.5) is 0 Å². The number of carbonyl (C=O) groups excluding carboxylic acids is 1. The van der Waals surface area contributed by atoms with Gasteiger partial charge in [0.05, 0.1) is 15.8 Å².